The molecule has 0 spiro atoms. The van der Waals surface area contributed by atoms with Gasteiger partial charge in [-0.15, -0.1) is 0 Å². The summed E-state index contributed by atoms with van der Waals surface area (Å²) in [5.41, 5.74) is 0. The first-order valence-electron chi connectivity index (χ1n) is 4.41. The molecule has 2 aliphatic rings. The summed E-state index contributed by atoms with van der Waals surface area (Å²) in [7, 11) is 0. The fraction of sp³-hybridized carbons (Fsp3) is 0.875. The summed E-state index contributed by atoms with van der Waals surface area (Å²) >= 11 is 0. The third-order valence-electron chi connectivity index (χ3n) is 2.82. The smallest absolute Gasteiger partial charge is 0.450 e. The first-order valence-corrected chi connectivity index (χ1v) is 4.41. The van der Waals surface area contributed by atoms with Gasteiger partial charge in [-0.05, 0) is 18.8 Å². The van der Waals surface area contributed by atoms with Crippen molar-refractivity contribution in [2.45, 2.75) is 38.0 Å². The Morgan fingerprint density at radius 1 is 1.50 bits per heavy atom. The number of carbonyl (C=O) groups is 1. The first-order chi connectivity index (χ1) is 5.75. The van der Waals surface area contributed by atoms with Crippen molar-refractivity contribution in [3.63, 3.8) is 0 Å². The van der Waals surface area contributed by atoms with E-state index in [1.54, 1.807) is 0 Å². The molecule has 0 bridgehead atoms. The molecule has 68 valence electrons. The summed E-state index contributed by atoms with van der Waals surface area (Å²) in [5, 5.41) is 11.6. The molecule has 3 atom stereocenters. The number of fused-ring (bicyclic) bond motifs is 1. The van der Waals surface area contributed by atoms with Crippen molar-refractivity contribution < 1.29 is 14.6 Å². The van der Waals surface area contributed by atoms with Crippen LogP contribution < -0.4 is 5.32 Å². The van der Waals surface area contributed by atoms with E-state index >= 15 is 0 Å². The van der Waals surface area contributed by atoms with Crippen molar-refractivity contribution >= 4 is 6.16 Å². The van der Waals surface area contributed by atoms with Crippen LogP contribution in [-0.2, 0) is 4.74 Å². The second-order valence-corrected chi connectivity index (χ2v) is 3.57. The van der Waals surface area contributed by atoms with Crippen LogP contribution in [0.4, 0.5) is 4.79 Å². The zero-order valence-corrected chi connectivity index (χ0v) is 6.82. The largest absolute Gasteiger partial charge is 0.507 e. The van der Waals surface area contributed by atoms with Crippen LogP contribution in [0.1, 0.15) is 25.7 Å². The number of hydrogen-bond acceptors (Lipinski definition) is 3. The van der Waals surface area contributed by atoms with Crippen LogP contribution in [0, 0.1) is 5.92 Å². The predicted molar refractivity (Wildman–Crippen MR) is 41.8 cm³/mol. The lowest BCUT2D eigenvalue weighted by atomic mass is 10.0. The van der Waals surface area contributed by atoms with Gasteiger partial charge < -0.3 is 9.84 Å². The quantitative estimate of drug-likeness (QED) is 0.581. The fourth-order valence-corrected chi connectivity index (χ4v) is 2.32. The molecule has 0 aromatic heterocycles. The summed E-state index contributed by atoms with van der Waals surface area (Å²) in [5.74, 6) is 0.648. The maximum Gasteiger partial charge on any atom is 0.507 e. The van der Waals surface area contributed by atoms with Gasteiger partial charge in [0.25, 0.3) is 0 Å². The van der Waals surface area contributed by atoms with Gasteiger partial charge in [-0.3, -0.25) is 5.32 Å². The summed E-state index contributed by atoms with van der Waals surface area (Å²) in [6, 6.07) is 0.509. The first kappa shape index (κ1) is 7.86. The highest BCUT2D eigenvalue weighted by Crippen LogP contribution is 2.34. The van der Waals surface area contributed by atoms with Gasteiger partial charge in [0.05, 0.1) is 0 Å². The van der Waals surface area contributed by atoms with Crippen molar-refractivity contribution in [3.05, 3.63) is 0 Å². The molecule has 1 saturated heterocycles. The van der Waals surface area contributed by atoms with Crippen LogP contribution in [0.2, 0.25) is 0 Å². The van der Waals surface area contributed by atoms with Crippen molar-refractivity contribution in [1.82, 2.24) is 5.32 Å². The van der Waals surface area contributed by atoms with Gasteiger partial charge in [0.15, 0.2) is 6.23 Å². The van der Waals surface area contributed by atoms with Gasteiger partial charge in [0.1, 0.15) is 0 Å². The minimum Gasteiger partial charge on any atom is -0.450 e. The lowest BCUT2D eigenvalue weighted by molar-refractivity contribution is 0.0420. The van der Waals surface area contributed by atoms with E-state index in [9.17, 15) is 4.79 Å². The molecule has 4 heteroatoms. The van der Waals surface area contributed by atoms with Gasteiger partial charge in [0, 0.05) is 12.5 Å². The molecule has 4 nitrogen and oxygen atoms in total. The second kappa shape index (κ2) is 2.94. The maximum absolute atomic E-state index is 10.2. The van der Waals surface area contributed by atoms with E-state index in [0.717, 1.165) is 6.42 Å². The minimum atomic E-state index is -1.17. The molecule has 2 fully saturated rings. The van der Waals surface area contributed by atoms with Crippen molar-refractivity contribution in [2.24, 2.45) is 5.92 Å². The van der Waals surface area contributed by atoms with Crippen LogP contribution >= 0.6 is 0 Å². The summed E-state index contributed by atoms with van der Waals surface area (Å²) in [4.78, 5) is 10.2. The molecule has 0 aromatic rings. The number of rotatable bonds is 1. The Morgan fingerprint density at radius 2 is 2.33 bits per heavy atom. The molecule has 0 aromatic carbocycles. The molecular weight excluding hydrogens is 158 g/mol. The van der Waals surface area contributed by atoms with Gasteiger partial charge >= 0.3 is 6.16 Å². The molecule has 1 saturated carbocycles. The van der Waals surface area contributed by atoms with Crippen molar-refractivity contribution in [2.75, 3.05) is 0 Å². The molecule has 0 amide bonds. The summed E-state index contributed by atoms with van der Waals surface area (Å²) in [6.07, 6.45) is 3.09. The van der Waals surface area contributed by atoms with Crippen LogP contribution in [-0.4, -0.2) is 23.5 Å². The standard InChI is InChI=1S/C8H13NO3/c10-8(11)12-7-4-5-2-1-3-6(5)9-7/h5-7,9H,1-4H2,(H,10,11)/t5?,6?,7-/m0/s1. The van der Waals surface area contributed by atoms with E-state index in [4.69, 9.17) is 5.11 Å². The third-order valence-corrected chi connectivity index (χ3v) is 2.82. The van der Waals surface area contributed by atoms with Gasteiger partial charge in [-0.25, -0.2) is 4.79 Å². The van der Waals surface area contributed by atoms with E-state index < -0.39 is 6.16 Å². The zero-order chi connectivity index (χ0) is 8.55. The highest BCUT2D eigenvalue weighted by Gasteiger charge is 2.38. The summed E-state index contributed by atoms with van der Waals surface area (Å²) < 4.78 is 4.65. The van der Waals surface area contributed by atoms with Crippen molar-refractivity contribution in [1.29, 1.82) is 0 Å². The van der Waals surface area contributed by atoms with Crippen molar-refractivity contribution in [3.8, 4) is 0 Å². The van der Waals surface area contributed by atoms with E-state index in [-0.39, 0.29) is 6.23 Å². The van der Waals surface area contributed by atoms with Gasteiger partial charge in [-0.1, -0.05) is 6.42 Å². The van der Waals surface area contributed by atoms with Crippen LogP contribution in [0.5, 0.6) is 0 Å². The second-order valence-electron chi connectivity index (χ2n) is 3.57. The molecule has 1 aliphatic heterocycles. The van der Waals surface area contributed by atoms with E-state index in [1.807, 2.05) is 0 Å². The molecule has 12 heavy (non-hydrogen) atoms. The maximum atomic E-state index is 10.2. The number of carboxylic acid groups (broad SMARTS) is 1. The molecule has 1 heterocycles. The van der Waals surface area contributed by atoms with Gasteiger partial charge in [-0.2, -0.15) is 0 Å². The molecule has 2 N–H and O–H groups in total. The molecule has 1 aliphatic carbocycles. The third kappa shape index (κ3) is 1.39. The number of nitrogens with one attached hydrogen (secondary N) is 1. The molecule has 2 unspecified atom stereocenters. The lowest BCUT2D eigenvalue weighted by Crippen LogP contribution is -2.32. The normalized spacial score (nSPS) is 39.5. The van der Waals surface area contributed by atoms with E-state index in [0.29, 0.717) is 12.0 Å². The van der Waals surface area contributed by atoms with E-state index in [2.05, 4.69) is 10.1 Å². The average molecular weight is 171 g/mol. The molecular formula is C8H13NO3. The zero-order valence-electron chi connectivity index (χ0n) is 6.82. The van der Waals surface area contributed by atoms with Gasteiger partial charge in [0.2, 0.25) is 0 Å². The average Bonchev–Trinajstić information content (AvgIpc) is 2.43. The Morgan fingerprint density at radius 3 is 3.00 bits per heavy atom. The number of hydrogen-bond donors (Lipinski definition) is 2. The number of ether oxygens (including phenoxy) is 1. The van der Waals surface area contributed by atoms with Crippen LogP contribution in [0.15, 0.2) is 0 Å². The SMILES string of the molecule is O=C(O)O[C@H]1CC2CCCC2N1. The highest BCUT2D eigenvalue weighted by molar-refractivity contribution is 5.57. The Labute approximate surface area is 70.9 Å². The Bertz CT molecular complexity index is 183. The van der Waals surface area contributed by atoms with Crippen LogP contribution in [0.3, 0.4) is 0 Å². The van der Waals surface area contributed by atoms with Crippen LogP contribution in [0.25, 0.3) is 0 Å². The Kier molecular flexibility index (Phi) is 1.92. The Hall–Kier alpha value is -0.770. The monoisotopic (exact) mass is 171 g/mol. The lowest BCUT2D eigenvalue weighted by Gasteiger charge is -2.10. The topological polar surface area (TPSA) is 58.6 Å². The fourth-order valence-electron chi connectivity index (χ4n) is 2.32. The van der Waals surface area contributed by atoms with E-state index in [1.165, 1.54) is 19.3 Å². The molecule has 2 rings (SSSR count). The minimum absolute atomic E-state index is 0.252. The highest BCUT2D eigenvalue weighted by atomic mass is 16.7. The summed E-state index contributed by atoms with van der Waals surface area (Å²) in [6.45, 7) is 0. The molecule has 0 radical (unpaired) electrons. The predicted octanol–water partition coefficient (Wildman–Crippen LogP) is 1.17. The Balaban J connectivity index is 1.86.